The molecule has 0 bridgehead atoms. The van der Waals surface area contributed by atoms with Crippen LogP contribution in [-0.4, -0.2) is 23.6 Å². The van der Waals surface area contributed by atoms with E-state index in [1.54, 1.807) is 46.0 Å². The lowest BCUT2D eigenvalue weighted by atomic mass is 9.85. The van der Waals surface area contributed by atoms with Crippen molar-refractivity contribution in [3.63, 3.8) is 0 Å². The zero-order valence-corrected chi connectivity index (χ0v) is 28.8. The molecule has 0 fully saturated rings. The van der Waals surface area contributed by atoms with Crippen LogP contribution in [0.1, 0.15) is 118 Å². The summed E-state index contributed by atoms with van der Waals surface area (Å²) in [7, 11) is -3.57. The summed E-state index contributed by atoms with van der Waals surface area (Å²) in [5.41, 5.74) is 3.98. The fourth-order valence-corrected chi connectivity index (χ4v) is 4.27. The number of aliphatic hydroxyl groups is 2. The zero-order valence-electron chi connectivity index (χ0n) is 28.0. The summed E-state index contributed by atoms with van der Waals surface area (Å²) in [6.45, 7) is 26.3. The molecule has 0 aliphatic carbocycles. The number of primary sulfonamides is 1. The minimum Gasteiger partial charge on any atom is -0.386 e. The summed E-state index contributed by atoms with van der Waals surface area (Å²) < 4.78 is 21.9. The van der Waals surface area contributed by atoms with Crippen LogP contribution in [0.15, 0.2) is 71.8 Å². The van der Waals surface area contributed by atoms with Gasteiger partial charge < -0.3 is 10.2 Å². The van der Waals surface area contributed by atoms with Crippen molar-refractivity contribution in [1.29, 1.82) is 0 Å². The maximum absolute atomic E-state index is 11.0. The van der Waals surface area contributed by atoms with Gasteiger partial charge in [-0.05, 0) is 90.5 Å². The van der Waals surface area contributed by atoms with E-state index in [0.29, 0.717) is 0 Å². The second-order valence-corrected chi connectivity index (χ2v) is 16.5. The van der Waals surface area contributed by atoms with Crippen LogP contribution in [-0.2, 0) is 37.5 Å². The van der Waals surface area contributed by atoms with E-state index in [1.807, 2.05) is 24.3 Å². The summed E-state index contributed by atoms with van der Waals surface area (Å²) in [6.07, 6.45) is 1.76. The smallest absolute Gasteiger partial charge is 0.238 e. The molecule has 0 unspecified atom stereocenters. The molecule has 0 atom stereocenters. The molecule has 42 heavy (non-hydrogen) atoms. The molecule has 0 amide bonds. The molecule has 3 rings (SSSR count). The van der Waals surface area contributed by atoms with Gasteiger partial charge in [-0.1, -0.05) is 98.7 Å². The van der Waals surface area contributed by atoms with Gasteiger partial charge in [-0.2, -0.15) is 0 Å². The molecule has 4 N–H and O–H groups in total. The molecule has 0 saturated carbocycles. The van der Waals surface area contributed by atoms with Gasteiger partial charge in [-0.3, -0.25) is 4.98 Å². The van der Waals surface area contributed by atoms with Crippen molar-refractivity contribution in [3.8, 4) is 0 Å². The minimum absolute atomic E-state index is 0.0247. The lowest BCUT2D eigenvalue weighted by Crippen LogP contribution is -2.20. The molecule has 6 nitrogen and oxygen atoms in total. The predicted molar refractivity (Wildman–Crippen MR) is 175 cm³/mol. The highest BCUT2D eigenvalue weighted by Crippen LogP contribution is 2.27. The molecule has 0 aliphatic rings. The van der Waals surface area contributed by atoms with Gasteiger partial charge in [-0.25, -0.2) is 13.6 Å². The van der Waals surface area contributed by atoms with Crippen LogP contribution in [0.3, 0.4) is 0 Å². The summed E-state index contributed by atoms with van der Waals surface area (Å²) in [5.74, 6) is 0. The standard InChI is InChI=1S/C13H20O.C12H19NO.C10H15NO2S/c1-12(2,3)10-6-8-11(9-7-10)13(4,5)14;1-11(2,3)9-6-7-13-10(8-9)12(4,5)14;1-10(2,3)8-4-6-9(7-5-8)14(11,12)13/h6-9,14H,1-5H3;6-8,14H,1-5H3;4-7H,1-3H3,(H2,11,12,13). The predicted octanol–water partition coefficient (Wildman–Crippen LogP) is 7.45. The Kier molecular flexibility index (Phi) is 11.9. The molecule has 234 valence electrons. The van der Waals surface area contributed by atoms with E-state index in [0.717, 1.165) is 16.8 Å². The lowest BCUT2D eigenvalue weighted by molar-refractivity contribution is 0.0736. The van der Waals surface area contributed by atoms with E-state index in [1.165, 1.54) is 23.3 Å². The van der Waals surface area contributed by atoms with Gasteiger partial charge in [0.2, 0.25) is 10.0 Å². The second kappa shape index (κ2) is 13.4. The molecule has 1 heterocycles. The highest BCUT2D eigenvalue weighted by molar-refractivity contribution is 7.89. The third-order valence-corrected chi connectivity index (χ3v) is 7.69. The van der Waals surface area contributed by atoms with Gasteiger partial charge in [0.25, 0.3) is 0 Å². The molecule has 2 aromatic carbocycles. The first kappa shape index (κ1) is 37.4. The molecule has 0 aliphatic heterocycles. The second-order valence-electron chi connectivity index (χ2n) is 14.9. The number of aromatic nitrogens is 1. The molecule has 1 aromatic heterocycles. The fourth-order valence-electron chi connectivity index (χ4n) is 3.75. The van der Waals surface area contributed by atoms with E-state index in [4.69, 9.17) is 5.14 Å². The van der Waals surface area contributed by atoms with E-state index < -0.39 is 21.2 Å². The summed E-state index contributed by atoms with van der Waals surface area (Å²) >= 11 is 0. The molecular formula is C35H54N2O4S. The van der Waals surface area contributed by atoms with Crippen LogP contribution < -0.4 is 5.14 Å². The van der Waals surface area contributed by atoms with Crippen LogP contribution in [0.5, 0.6) is 0 Å². The number of sulfonamides is 1. The number of nitrogens with two attached hydrogens (primary N) is 1. The average molecular weight is 599 g/mol. The first-order chi connectivity index (χ1) is 18.6. The molecular weight excluding hydrogens is 544 g/mol. The van der Waals surface area contributed by atoms with Crippen molar-refractivity contribution >= 4 is 10.0 Å². The van der Waals surface area contributed by atoms with E-state index in [9.17, 15) is 18.6 Å². The number of hydrogen-bond acceptors (Lipinski definition) is 5. The zero-order chi connectivity index (χ0) is 32.9. The highest BCUT2D eigenvalue weighted by Gasteiger charge is 2.21. The molecule has 0 radical (unpaired) electrons. The Morgan fingerprint density at radius 1 is 0.548 bits per heavy atom. The quantitative estimate of drug-likeness (QED) is 0.290. The van der Waals surface area contributed by atoms with E-state index >= 15 is 0 Å². The van der Waals surface area contributed by atoms with Crippen molar-refractivity contribution in [2.75, 3.05) is 0 Å². The molecule has 7 heteroatoms. The monoisotopic (exact) mass is 598 g/mol. The van der Waals surface area contributed by atoms with Crippen molar-refractivity contribution in [1.82, 2.24) is 4.98 Å². The van der Waals surface area contributed by atoms with Crippen LogP contribution >= 0.6 is 0 Å². The van der Waals surface area contributed by atoms with Crippen molar-refractivity contribution in [2.24, 2.45) is 5.14 Å². The van der Waals surface area contributed by atoms with Crippen LogP contribution in [0.4, 0.5) is 0 Å². The van der Waals surface area contributed by atoms with Crippen molar-refractivity contribution in [2.45, 2.75) is 122 Å². The number of hydrogen-bond donors (Lipinski definition) is 3. The van der Waals surface area contributed by atoms with E-state index in [-0.39, 0.29) is 21.1 Å². The average Bonchev–Trinajstić information content (AvgIpc) is 2.82. The Morgan fingerprint density at radius 3 is 1.21 bits per heavy atom. The SMILES string of the molecule is CC(C)(C)c1ccc(C(C)(C)O)cc1.CC(C)(C)c1ccc(S(N)(=O)=O)cc1.CC(C)(C)c1ccnc(C(C)(C)O)c1. The fraction of sp³-hybridized carbons (Fsp3) is 0.514. The first-order valence-corrected chi connectivity index (χ1v) is 15.8. The number of nitrogens with zero attached hydrogens (tertiary/aromatic N) is 1. The van der Waals surface area contributed by atoms with Gasteiger partial charge in [0.1, 0.15) is 5.60 Å². The van der Waals surface area contributed by atoms with E-state index in [2.05, 4.69) is 79.4 Å². The summed E-state index contributed by atoms with van der Waals surface area (Å²) in [6, 6.07) is 18.8. The summed E-state index contributed by atoms with van der Waals surface area (Å²) in [4.78, 5) is 4.33. The maximum atomic E-state index is 11.0. The topological polar surface area (TPSA) is 114 Å². The van der Waals surface area contributed by atoms with Crippen molar-refractivity contribution in [3.05, 3.63) is 94.8 Å². The minimum atomic E-state index is -3.57. The normalized spacial score (nSPS) is 13.0. The molecule has 0 saturated heterocycles. The largest absolute Gasteiger partial charge is 0.386 e. The van der Waals surface area contributed by atoms with Gasteiger partial charge >= 0.3 is 0 Å². The van der Waals surface area contributed by atoms with Crippen LogP contribution in [0.2, 0.25) is 0 Å². The van der Waals surface area contributed by atoms with Gasteiger partial charge in [0, 0.05) is 6.20 Å². The number of pyridine rings is 1. The van der Waals surface area contributed by atoms with Crippen LogP contribution in [0, 0.1) is 0 Å². The third kappa shape index (κ3) is 12.3. The molecule has 3 aromatic rings. The Morgan fingerprint density at radius 2 is 0.905 bits per heavy atom. The van der Waals surface area contributed by atoms with Crippen molar-refractivity contribution < 1.29 is 18.6 Å². The van der Waals surface area contributed by atoms with Gasteiger partial charge in [-0.15, -0.1) is 0 Å². The summed E-state index contributed by atoms with van der Waals surface area (Å²) in [5, 5.41) is 24.6. The first-order valence-electron chi connectivity index (χ1n) is 14.3. The Labute approximate surface area is 255 Å². The Bertz CT molecular complexity index is 1310. The van der Waals surface area contributed by atoms with Crippen LogP contribution in [0.25, 0.3) is 0 Å². The van der Waals surface area contributed by atoms with Gasteiger partial charge in [0.15, 0.2) is 0 Å². The third-order valence-electron chi connectivity index (χ3n) is 6.76. The highest BCUT2D eigenvalue weighted by atomic mass is 32.2. The molecule has 0 spiro atoms. The Hall–Kier alpha value is -2.58. The number of rotatable bonds is 3. The Balaban J connectivity index is 0.000000315. The maximum Gasteiger partial charge on any atom is 0.238 e. The number of benzene rings is 2. The van der Waals surface area contributed by atoms with Gasteiger partial charge in [0.05, 0.1) is 16.2 Å². The lowest BCUT2D eigenvalue weighted by Gasteiger charge is -2.22.